The summed E-state index contributed by atoms with van der Waals surface area (Å²) in [6.45, 7) is 3.95. The van der Waals surface area contributed by atoms with Crippen LogP contribution in [0.25, 0.3) is 11.1 Å². The van der Waals surface area contributed by atoms with Crippen molar-refractivity contribution in [3.05, 3.63) is 59.4 Å². The number of hydrogen-bond acceptors (Lipinski definition) is 5. The number of anilines is 1. The lowest BCUT2D eigenvalue weighted by atomic mass is 10.0. The van der Waals surface area contributed by atoms with Crippen LogP contribution in [-0.4, -0.2) is 47.1 Å². The zero-order valence-corrected chi connectivity index (χ0v) is 14.9. The van der Waals surface area contributed by atoms with E-state index in [1.807, 2.05) is 34.1 Å². The number of piperazine rings is 1. The van der Waals surface area contributed by atoms with Gasteiger partial charge >= 0.3 is 5.97 Å². The van der Waals surface area contributed by atoms with Gasteiger partial charge in [0.25, 0.3) is 6.01 Å². The van der Waals surface area contributed by atoms with E-state index in [9.17, 15) is 14.3 Å². The van der Waals surface area contributed by atoms with Crippen molar-refractivity contribution >= 4 is 23.1 Å². The van der Waals surface area contributed by atoms with Crippen molar-refractivity contribution < 1.29 is 18.7 Å². The summed E-state index contributed by atoms with van der Waals surface area (Å²) in [6, 6.07) is 11.8. The van der Waals surface area contributed by atoms with Crippen LogP contribution in [0.1, 0.15) is 17.2 Å². The Bertz CT molecular complexity index is 947. The van der Waals surface area contributed by atoms with Crippen molar-refractivity contribution in [2.45, 2.75) is 13.0 Å². The average molecular weight is 369 g/mol. The molecule has 3 aromatic rings. The summed E-state index contributed by atoms with van der Waals surface area (Å²) in [5.41, 5.74) is 2.58. The summed E-state index contributed by atoms with van der Waals surface area (Å²) in [4.78, 5) is 20.3. The van der Waals surface area contributed by atoms with Gasteiger partial charge in [-0.25, -0.2) is 4.39 Å². The standard InChI is InChI=1S/C20H20FN3O3/c1-13-12-14(6-7-15(13)21)18(19(25)26)23-8-10-24(11-9-23)20-22-16-4-2-3-5-17(16)27-20/h2-7,12,18H,8-11H2,1H3,(H,25,26). The molecule has 0 spiro atoms. The Morgan fingerprint density at radius 1 is 1.19 bits per heavy atom. The number of aryl methyl sites for hydroxylation is 1. The highest BCUT2D eigenvalue weighted by molar-refractivity contribution is 5.76. The Balaban J connectivity index is 1.51. The van der Waals surface area contributed by atoms with Crippen LogP contribution < -0.4 is 4.90 Å². The average Bonchev–Trinajstić information content (AvgIpc) is 3.09. The van der Waals surface area contributed by atoms with Crippen molar-refractivity contribution in [1.82, 2.24) is 9.88 Å². The summed E-state index contributed by atoms with van der Waals surface area (Å²) in [5, 5.41) is 9.74. The number of carboxylic acids is 1. The molecule has 1 aromatic heterocycles. The van der Waals surface area contributed by atoms with E-state index in [2.05, 4.69) is 4.98 Å². The lowest BCUT2D eigenvalue weighted by molar-refractivity contribution is -0.143. The third-order valence-electron chi connectivity index (χ3n) is 4.96. The Morgan fingerprint density at radius 2 is 1.93 bits per heavy atom. The molecule has 1 unspecified atom stereocenters. The molecule has 4 rings (SSSR count). The fourth-order valence-corrected chi connectivity index (χ4v) is 3.51. The number of halogens is 1. The number of oxazole rings is 1. The Hall–Kier alpha value is -2.93. The van der Waals surface area contributed by atoms with E-state index in [-0.39, 0.29) is 5.82 Å². The zero-order chi connectivity index (χ0) is 19.0. The molecule has 6 nitrogen and oxygen atoms in total. The van der Waals surface area contributed by atoms with Crippen molar-refractivity contribution in [1.29, 1.82) is 0 Å². The van der Waals surface area contributed by atoms with Crippen molar-refractivity contribution in [3.8, 4) is 0 Å². The number of benzene rings is 2. The van der Waals surface area contributed by atoms with Gasteiger partial charge in [0.1, 0.15) is 17.4 Å². The molecule has 0 saturated carbocycles. The molecule has 1 aliphatic rings. The van der Waals surface area contributed by atoms with Crippen LogP contribution in [0.5, 0.6) is 0 Å². The van der Waals surface area contributed by atoms with Crippen molar-refractivity contribution in [2.24, 2.45) is 0 Å². The summed E-state index contributed by atoms with van der Waals surface area (Å²) in [6.07, 6.45) is 0. The second-order valence-corrected chi connectivity index (χ2v) is 6.74. The minimum atomic E-state index is -0.934. The van der Waals surface area contributed by atoms with Crippen LogP contribution in [0.2, 0.25) is 0 Å². The zero-order valence-electron chi connectivity index (χ0n) is 14.9. The van der Waals surface area contributed by atoms with E-state index in [1.165, 1.54) is 6.07 Å². The lowest BCUT2D eigenvalue weighted by Gasteiger charge is -2.37. The minimum absolute atomic E-state index is 0.330. The molecular formula is C20H20FN3O3. The molecule has 1 saturated heterocycles. The molecule has 1 atom stereocenters. The number of fused-ring (bicyclic) bond motifs is 1. The van der Waals surface area contributed by atoms with E-state index >= 15 is 0 Å². The maximum absolute atomic E-state index is 13.5. The van der Waals surface area contributed by atoms with Crippen LogP contribution in [-0.2, 0) is 4.79 Å². The van der Waals surface area contributed by atoms with Crippen LogP contribution >= 0.6 is 0 Å². The van der Waals surface area contributed by atoms with Gasteiger partial charge in [-0.15, -0.1) is 0 Å². The summed E-state index contributed by atoms with van der Waals surface area (Å²) in [7, 11) is 0. The topological polar surface area (TPSA) is 69.8 Å². The van der Waals surface area contributed by atoms with Crippen molar-refractivity contribution in [3.63, 3.8) is 0 Å². The monoisotopic (exact) mass is 369 g/mol. The Kier molecular flexibility index (Phi) is 4.53. The molecule has 7 heteroatoms. The highest BCUT2D eigenvalue weighted by atomic mass is 19.1. The first-order valence-electron chi connectivity index (χ1n) is 8.86. The smallest absolute Gasteiger partial charge is 0.325 e. The third-order valence-corrected chi connectivity index (χ3v) is 4.96. The van der Waals surface area contributed by atoms with Crippen LogP contribution in [0.4, 0.5) is 10.4 Å². The van der Waals surface area contributed by atoms with Gasteiger partial charge in [0, 0.05) is 26.2 Å². The highest BCUT2D eigenvalue weighted by Crippen LogP contribution is 2.27. The normalized spacial score (nSPS) is 16.6. The SMILES string of the molecule is Cc1cc(C(C(=O)O)N2CCN(c3nc4ccccc4o3)CC2)ccc1F. The first-order valence-corrected chi connectivity index (χ1v) is 8.86. The number of nitrogens with zero attached hydrogens (tertiary/aromatic N) is 3. The maximum Gasteiger partial charge on any atom is 0.325 e. The van der Waals surface area contributed by atoms with Gasteiger partial charge in [0.05, 0.1) is 0 Å². The predicted molar refractivity (Wildman–Crippen MR) is 99.3 cm³/mol. The molecule has 0 radical (unpaired) electrons. The number of para-hydroxylation sites is 2. The highest BCUT2D eigenvalue weighted by Gasteiger charge is 2.31. The third kappa shape index (κ3) is 3.38. The second-order valence-electron chi connectivity index (χ2n) is 6.74. The van der Waals surface area contributed by atoms with Crippen LogP contribution in [0.3, 0.4) is 0 Å². The van der Waals surface area contributed by atoms with E-state index in [1.54, 1.807) is 19.1 Å². The van der Waals surface area contributed by atoms with E-state index in [0.29, 0.717) is 43.3 Å². The number of hydrogen-bond donors (Lipinski definition) is 1. The fourth-order valence-electron chi connectivity index (χ4n) is 3.51. The summed E-state index contributed by atoms with van der Waals surface area (Å²) < 4.78 is 19.3. The van der Waals surface area contributed by atoms with Gasteiger partial charge in [-0.05, 0) is 36.2 Å². The Labute approximate surface area is 155 Å². The van der Waals surface area contributed by atoms with Gasteiger partial charge in [0.2, 0.25) is 0 Å². The molecular weight excluding hydrogens is 349 g/mol. The first-order chi connectivity index (χ1) is 13.0. The molecule has 1 aliphatic heterocycles. The quantitative estimate of drug-likeness (QED) is 0.762. The summed E-state index contributed by atoms with van der Waals surface area (Å²) >= 11 is 0. The van der Waals surface area contributed by atoms with E-state index < -0.39 is 12.0 Å². The molecule has 2 aromatic carbocycles. The Morgan fingerprint density at radius 3 is 2.59 bits per heavy atom. The molecule has 1 N–H and O–H groups in total. The molecule has 2 heterocycles. The summed E-state index contributed by atoms with van der Waals surface area (Å²) in [5.74, 6) is -1.26. The first kappa shape index (κ1) is 17.5. The molecule has 140 valence electrons. The molecule has 0 amide bonds. The van der Waals surface area contributed by atoms with Crippen molar-refractivity contribution in [2.75, 3.05) is 31.1 Å². The van der Waals surface area contributed by atoms with Crippen LogP contribution in [0, 0.1) is 12.7 Å². The van der Waals surface area contributed by atoms with Gasteiger partial charge in [0.15, 0.2) is 5.58 Å². The minimum Gasteiger partial charge on any atom is -0.480 e. The van der Waals surface area contributed by atoms with E-state index in [0.717, 1.165) is 11.1 Å². The fraction of sp³-hybridized carbons (Fsp3) is 0.300. The van der Waals surface area contributed by atoms with Gasteiger partial charge < -0.3 is 14.4 Å². The molecule has 27 heavy (non-hydrogen) atoms. The molecule has 0 bridgehead atoms. The molecule has 0 aliphatic carbocycles. The van der Waals surface area contributed by atoms with Gasteiger partial charge in [-0.2, -0.15) is 4.98 Å². The van der Waals surface area contributed by atoms with Gasteiger partial charge in [-0.3, -0.25) is 9.69 Å². The lowest BCUT2D eigenvalue weighted by Crippen LogP contribution is -2.49. The molecule has 1 fully saturated rings. The maximum atomic E-state index is 13.5. The number of rotatable bonds is 4. The van der Waals surface area contributed by atoms with Crippen LogP contribution in [0.15, 0.2) is 46.9 Å². The van der Waals surface area contributed by atoms with E-state index in [4.69, 9.17) is 4.42 Å². The largest absolute Gasteiger partial charge is 0.480 e. The number of carboxylic acid groups (broad SMARTS) is 1. The van der Waals surface area contributed by atoms with Gasteiger partial charge in [-0.1, -0.05) is 24.3 Å². The predicted octanol–water partition coefficient (Wildman–Crippen LogP) is 3.22. The number of aliphatic carboxylic acids is 1. The number of carbonyl (C=O) groups is 1. The number of aromatic nitrogens is 1. The second kappa shape index (κ2) is 7.00.